The van der Waals surface area contributed by atoms with E-state index in [1.54, 1.807) is 6.92 Å². The first-order valence-electron chi connectivity index (χ1n) is 6.21. The lowest BCUT2D eigenvalue weighted by molar-refractivity contribution is -0.0301. The van der Waals surface area contributed by atoms with Crippen LogP contribution in [0, 0.1) is 17.5 Å². The molecule has 1 saturated heterocycles. The highest BCUT2D eigenvalue weighted by Crippen LogP contribution is 2.18. The fourth-order valence-corrected chi connectivity index (χ4v) is 2.04. The number of nitrogens with zero attached hydrogens (tertiary/aromatic N) is 1. The van der Waals surface area contributed by atoms with Gasteiger partial charge in [0.2, 0.25) is 0 Å². The minimum atomic E-state index is -1.65. The van der Waals surface area contributed by atoms with Crippen LogP contribution in [0.5, 0.6) is 0 Å². The molecule has 0 radical (unpaired) electrons. The van der Waals surface area contributed by atoms with E-state index in [1.165, 1.54) is 4.90 Å². The fraction of sp³-hybridized carbons (Fsp3) is 0.462. The lowest BCUT2D eigenvalue weighted by atomic mass is 10.1. The summed E-state index contributed by atoms with van der Waals surface area (Å²) in [7, 11) is 0. The third kappa shape index (κ3) is 2.78. The highest BCUT2D eigenvalue weighted by atomic mass is 19.2. The van der Waals surface area contributed by atoms with Gasteiger partial charge in [-0.25, -0.2) is 13.2 Å². The summed E-state index contributed by atoms with van der Waals surface area (Å²) in [5.74, 6) is -5.14. The van der Waals surface area contributed by atoms with Crippen molar-refractivity contribution in [3.05, 3.63) is 35.1 Å². The van der Waals surface area contributed by atoms with Crippen LogP contribution >= 0.6 is 0 Å². The maximum atomic E-state index is 13.6. The monoisotopic (exact) mass is 288 g/mol. The summed E-state index contributed by atoms with van der Waals surface area (Å²) in [4.78, 5) is 13.5. The molecule has 1 aromatic carbocycles. The number of nitrogens with two attached hydrogens (primary N) is 1. The molecule has 1 heterocycles. The van der Waals surface area contributed by atoms with E-state index in [1.807, 2.05) is 0 Å². The summed E-state index contributed by atoms with van der Waals surface area (Å²) in [6, 6.07) is 1.38. The smallest absolute Gasteiger partial charge is 0.257 e. The first-order chi connectivity index (χ1) is 9.41. The predicted molar refractivity (Wildman–Crippen MR) is 65.6 cm³/mol. The summed E-state index contributed by atoms with van der Waals surface area (Å²) in [6.45, 7) is 2.44. The topological polar surface area (TPSA) is 55.6 Å². The van der Waals surface area contributed by atoms with E-state index < -0.39 is 28.9 Å². The van der Waals surface area contributed by atoms with E-state index in [2.05, 4.69) is 0 Å². The van der Waals surface area contributed by atoms with Crippen molar-refractivity contribution in [2.75, 3.05) is 19.7 Å². The number of carbonyl (C=O) groups excluding carboxylic acids is 1. The lowest BCUT2D eigenvalue weighted by Crippen LogP contribution is -2.51. The van der Waals surface area contributed by atoms with Crippen LogP contribution < -0.4 is 5.73 Å². The van der Waals surface area contributed by atoms with Crippen LogP contribution in [0.3, 0.4) is 0 Å². The second kappa shape index (κ2) is 5.80. The van der Waals surface area contributed by atoms with E-state index in [0.717, 1.165) is 12.1 Å². The average molecular weight is 288 g/mol. The zero-order valence-electron chi connectivity index (χ0n) is 10.9. The van der Waals surface area contributed by atoms with Gasteiger partial charge < -0.3 is 15.4 Å². The lowest BCUT2D eigenvalue weighted by Gasteiger charge is -2.34. The average Bonchev–Trinajstić information content (AvgIpc) is 2.44. The van der Waals surface area contributed by atoms with Crippen LogP contribution in [0.15, 0.2) is 12.1 Å². The molecule has 2 unspecified atom stereocenters. The second-order valence-corrected chi connectivity index (χ2v) is 4.74. The number of amides is 1. The number of ether oxygens (including phenoxy) is 1. The molecule has 1 aliphatic heterocycles. The van der Waals surface area contributed by atoms with E-state index >= 15 is 0 Å². The number of benzene rings is 1. The number of rotatable bonds is 2. The Labute approximate surface area is 114 Å². The molecule has 0 bridgehead atoms. The maximum absolute atomic E-state index is 13.6. The molecule has 0 spiro atoms. The van der Waals surface area contributed by atoms with Gasteiger partial charge in [0.15, 0.2) is 17.5 Å². The number of carbonyl (C=O) groups is 1. The molecule has 0 aromatic heterocycles. The van der Waals surface area contributed by atoms with Crippen LogP contribution in [0.4, 0.5) is 13.2 Å². The molecule has 1 aliphatic rings. The minimum absolute atomic E-state index is 0.189. The Kier molecular flexibility index (Phi) is 4.29. The standard InChI is InChI=1S/C13H15F3N2O2/c1-7(17)10-6-18(4-5-20-10)13(19)8-2-3-9(14)12(16)11(8)15/h2-3,7,10H,4-6,17H2,1H3. The zero-order chi connectivity index (χ0) is 14.9. The number of halogens is 3. The van der Waals surface area contributed by atoms with Crippen molar-refractivity contribution < 1.29 is 22.7 Å². The van der Waals surface area contributed by atoms with Crippen LogP contribution in [0.1, 0.15) is 17.3 Å². The minimum Gasteiger partial charge on any atom is -0.373 e. The Morgan fingerprint density at radius 2 is 2.10 bits per heavy atom. The predicted octanol–water partition coefficient (Wildman–Crippen LogP) is 1.29. The molecule has 20 heavy (non-hydrogen) atoms. The van der Waals surface area contributed by atoms with Crippen molar-refractivity contribution in [2.24, 2.45) is 5.73 Å². The third-order valence-corrected chi connectivity index (χ3v) is 3.23. The van der Waals surface area contributed by atoms with Crippen LogP contribution in [0.2, 0.25) is 0 Å². The van der Waals surface area contributed by atoms with Crippen molar-refractivity contribution >= 4 is 5.91 Å². The summed E-state index contributed by atoms with van der Waals surface area (Å²) < 4.78 is 45.0. The van der Waals surface area contributed by atoms with Gasteiger partial charge in [0.1, 0.15) is 0 Å². The van der Waals surface area contributed by atoms with Crippen molar-refractivity contribution in [3.8, 4) is 0 Å². The van der Waals surface area contributed by atoms with Gasteiger partial charge in [-0.3, -0.25) is 4.79 Å². The molecule has 0 saturated carbocycles. The Morgan fingerprint density at radius 3 is 2.75 bits per heavy atom. The SMILES string of the molecule is CC(N)C1CN(C(=O)c2ccc(F)c(F)c2F)CCO1. The Balaban J connectivity index is 2.21. The Morgan fingerprint density at radius 1 is 1.40 bits per heavy atom. The second-order valence-electron chi connectivity index (χ2n) is 4.74. The molecule has 1 fully saturated rings. The van der Waals surface area contributed by atoms with Crippen molar-refractivity contribution in [3.63, 3.8) is 0 Å². The molecular weight excluding hydrogens is 273 g/mol. The van der Waals surface area contributed by atoms with Gasteiger partial charge in [-0.1, -0.05) is 0 Å². The summed E-state index contributed by atoms with van der Waals surface area (Å²) in [6.07, 6.45) is -0.360. The highest BCUT2D eigenvalue weighted by molar-refractivity contribution is 5.94. The molecule has 1 aromatic rings. The van der Waals surface area contributed by atoms with Crippen LogP contribution in [0.25, 0.3) is 0 Å². The van der Waals surface area contributed by atoms with Crippen molar-refractivity contribution in [1.82, 2.24) is 4.90 Å². The van der Waals surface area contributed by atoms with Gasteiger partial charge in [0, 0.05) is 19.1 Å². The van der Waals surface area contributed by atoms with Gasteiger partial charge in [0.05, 0.1) is 18.3 Å². The molecule has 2 atom stereocenters. The molecular formula is C13H15F3N2O2. The molecule has 7 heteroatoms. The van der Waals surface area contributed by atoms with Gasteiger partial charge in [0.25, 0.3) is 5.91 Å². The number of hydrogen-bond acceptors (Lipinski definition) is 3. The quantitative estimate of drug-likeness (QED) is 0.834. The Bertz CT molecular complexity index is 523. The third-order valence-electron chi connectivity index (χ3n) is 3.23. The van der Waals surface area contributed by atoms with Crippen molar-refractivity contribution in [1.29, 1.82) is 0 Å². The molecule has 2 N–H and O–H groups in total. The highest BCUT2D eigenvalue weighted by Gasteiger charge is 2.29. The van der Waals surface area contributed by atoms with E-state index in [0.29, 0.717) is 0 Å². The zero-order valence-corrected chi connectivity index (χ0v) is 10.9. The first-order valence-corrected chi connectivity index (χ1v) is 6.21. The van der Waals surface area contributed by atoms with Gasteiger partial charge in [-0.2, -0.15) is 0 Å². The maximum Gasteiger partial charge on any atom is 0.257 e. The van der Waals surface area contributed by atoms with Crippen molar-refractivity contribution in [2.45, 2.75) is 19.1 Å². The largest absolute Gasteiger partial charge is 0.373 e. The Hall–Kier alpha value is -1.60. The fourth-order valence-electron chi connectivity index (χ4n) is 2.04. The molecule has 2 rings (SSSR count). The normalized spacial score (nSPS) is 20.9. The molecule has 110 valence electrons. The van der Waals surface area contributed by atoms with Gasteiger partial charge in [-0.15, -0.1) is 0 Å². The molecule has 4 nitrogen and oxygen atoms in total. The van der Waals surface area contributed by atoms with Gasteiger partial charge in [-0.05, 0) is 19.1 Å². The summed E-state index contributed by atoms with van der Waals surface area (Å²) in [5, 5.41) is 0. The summed E-state index contributed by atoms with van der Waals surface area (Å²) >= 11 is 0. The summed E-state index contributed by atoms with van der Waals surface area (Å²) in [5.41, 5.74) is 5.20. The van der Waals surface area contributed by atoms with Gasteiger partial charge >= 0.3 is 0 Å². The van der Waals surface area contributed by atoms with E-state index in [-0.39, 0.29) is 31.8 Å². The first kappa shape index (κ1) is 14.8. The van der Waals surface area contributed by atoms with E-state index in [4.69, 9.17) is 10.5 Å². The molecule has 1 amide bonds. The molecule has 0 aliphatic carbocycles. The number of hydrogen-bond donors (Lipinski definition) is 1. The van der Waals surface area contributed by atoms with E-state index in [9.17, 15) is 18.0 Å². The van der Waals surface area contributed by atoms with Crippen LogP contribution in [-0.2, 0) is 4.74 Å². The number of morpholine rings is 1. The van der Waals surface area contributed by atoms with Crippen LogP contribution in [-0.4, -0.2) is 42.6 Å².